The number of hydrogen-bond acceptors (Lipinski definition) is 5. The van der Waals surface area contributed by atoms with Crippen LogP contribution < -0.4 is 10.0 Å². The molecule has 10 heteroatoms. The van der Waals surface area contributed by atoms with Crippen LogP contribution >= 0.6 is 0 Å². The number of non-ortho nitro benzene ring substituents is 1. The Kier molecular flexibility index (Phi) is 6.07. The van der Waals surface area contributed by atoms with Crippen LogP contribution in [-0.4, -0.2) is 19.2 Å². The maximum atomic E-state index is 13.0. The number of halogens is 1. The van der Waals surface area contributed by atoms with Crippen molar-refractivity contribution in [1.29, 1.82) is 0 Å². The van der Waals surface area contributed by atoms with Gasteiger partial charge in [0.25, 0.3) is 21.6 Å². The van der Waals surface area contributed by atoms with Crippen molar-refractivity contribution >= 4 is 27.3 Å². The number of nitrogens with zero attached hydrogens (tertiary/aromatic N) is 1. The lowest BCUT2D eigenvalue weighted by Crippen LogP contribution is -2.25. The second-order valence-electron chi connectivity index (χ2n) is 6.21. The number of carbonyl (C=O) groups excluding carboxylic acids is 1. The fourth-order valence-electron chi connectivity index (χ4n) is 2.62. The lowest BCUT2D eigenvalue weighted by atomic mass is 10.1. The Labute approximate surface area is 171 Å². The van der Waals surface area contributed by atoms with Crippen molar-refractivity contribution in [2.24, 2.45) is 0 Å². The highest BCUT2D eigenvalue weighted by atomic mass is 32.2. The molecular formula is C20H16FN3O5S. The number of nitro benzene ring substituents is 1. The maximum absolute atomic E-state index is 13.0. The van der Waals surface area contributed by atoms with E-state index in [0.29, 0.717) is 5.56 Å². The van der Waals surface area contributed by atoms with Gasteiger partial charge in [-0.05, 0) is 35.9 Å². The molecule has 0 unspecified atom stereocenters. The maximum Gasteiger partial charge on any atom is 0.270 e. The molecule has 0 heterocycles. The van der Waals surface area contributed by atoms with E-state index in [9.17, 15) is 27.7 Å². The molecule has 8 nitrogen and oxygen atoms in total. The summed E-state index contributed by atoms with van der Waals surface area (Å²) < 4.78 is 40.6. The van der Waals surface area contributed by atoms with Gasteiger partial charge in [-0.25, -0.2) is 12.8 Å². The lowest BCUT2D eigenvalue weighted by Gasteiger charge is -2.13. The molecule has 0 atom stereocenters. The Balaban J connectivity index is 1.80. The van der Waals surface area contributed by atoms with Crippen LogP contribution in [0.2, 0.25) is 0 Å². The van der Waals surface area contributed by atoms with Crippen molar-refractivity contribution in [3.63, 3.8) is 0 Å². The van der Waals surface area contributed by atoms with Gasteiger partial charge in [-0.15, -0.1) is 0 Å². The highest BCUT2D eigenvalue weighted by Crippen LogP contribution is 2.23. The van der Waals surface area contributed by atoms with Gasteiger partial charge in [0.1, 0.15) is 5.82 Å². The Bertz CT molecular complexity index is 1200. The first kappa shape index (κ1) is 20.9. The standard InChI is InChI=1S/C20H16FN3O5S/c21-15-10-8-14(9-11-15)13-22-20(25)18-6-1-2-7-19(18)23-30(28,29)17-5-3-4-16(12-17)24(26)27/h1-12,23H,13H2,(H,22,25). The number of sulfonamides is 1. The predicted octanol–water partition coefficient (Wildman–Crippen LogP) is 3.46. The summed E-state index contributed by atoms with van der Waals surface area (Å²) in [6, 6.07) is 16.1. The molecule has 2 N–H and O–H groups in total. The van der Waals surface area contributed by atoms with Crippen LogP contribution in [0.4, 0.5) is 15.8 Å². The third-order valence-electron chi connectivity index (χ3n) is 4.12. The average molecular weight is 429 g/mol. The molecule has 0 fully saturated rings. The first-order valence-corrected chi connectivity index (χ1v) is 10.1. The molecule has 0 bridgehead atoms. The monoisotopic (exact) mass is 429 g/mol. The van der Waals surface area contributed by atoms with Gasteiger partial charge in [-0.3, -0.25) is 19.6 Å². The van der Waals surface area contributed by atoms with Crippen LogP contribution in [0.1, 0.15) is 15.9 Å². The summed E-state index contributed by atoms with van der Waals surface area (Å²) >= 11 is 0. The van der Waals surface area contributed by atoms with Gasteiger partial charge >= 0.3 is 0 Å². The molecule has 30 heavy (non-hydrogen) atoms. The molecule has 0 saturated carbocycles. The molecule has 0 aliphatic carbocycles. The zero-order valence-electron chi connectivity index (χ0n) is 15.4. The Morgan fingerprint density at radius 3 is 2.40 bits per heavy atom. The van der Waals surface area contributed by atoms with Crippen LogP contribution in [0.5, 0.6) is 0 Å². The molecule has 0 aromatic heterocycles. The number of anilines is 1. The van der Waals surface area contributed by atoms with E-state index < -0.39 is 26.7 Å². The van der Waals surface area contributed by atoms with Crippen molar-refractivity contribution in [2.75, 3.05) is 4.72 Å². The summed E-state index contributed by atoms with van der Waals surface area (Å²) in [7, 11) is -4.17. The number of rotatable bonds is 7. The molecule has 0 aliphatic heterocycles. The topological polar surface area (TPSA) is 118 Å². The van der Waals surface area contributed by atoms with Crippen molar-refractivity contribution in [1.82, 2.24) is 5.32 Å². The van der Waals surface area contributed by atoms with E-state index in [1.807, 2.05) is 0 Å². The normalized spacial score (nSPS) is 11.0. The summed E-state index contributed by atoms with van der Waals surface area (Å²) in [6.45, 7) is 0.116. The quantitative estimate of drug-likeness (QED) is 0.440. The van der Waals surface area contributed by atoms with Crippen LogP contribution in [0, 0.1) is 15.9 Å². The summed E-state index contributed by atoms with van der Waals surface area (Å²) in [5.74, 6) is -0.942. The van der Waals surface area contributed by atoms with Gasteiger partial charge < -0.3 is 5.32 Å². The highest BCUT2D eigenvalue weighted by Gasteiger charge is 2.20. The van der Waals surface area contributed by atoms with Gasteiger partial charge in [0.2, 0.25) is 0 Å². The molecule has 154 valence electrons. The van der Waals surface area contributed by atoms with E-state index in [1.165, 1.54) is 54.6 Å². The molecular weight excluding hydrogens is 413 g/mol. The van der Waals surface area contributed by atoms with Crippen molar-refractivity contribution in [2.45, 2.75) is 11.4 Å². The molecule has 3 aromatic rings. The molecule has 0 saturated heterocycles. The van der Waals surface area contributed by atoms with E-state index in [1.54, 1.807) is 12.1 Å². The minimum Gasteiger partial charge on any atom is -0.348 e. The number of hydrogen-bond donors (Lipinski definition) is 2. The van der Waals surface area contributed by atoms with Gasteiger partial charge in [-0.2, -0.15) is 0 Å². The second kappa shape index (κ2) is 8.70. The largest absolute Gasteiger partial charge is 0.348 e. The predicted molar refractivity (Wildman–Crippen MR) is 108 cm³/mol. The molecule has 1 amide bonds. The third kappa shape index (κ3) is 4.97. The number of carbonyl (C=O) groups is 1. The summed E-state index contributed by atoms with van der Waals surface area (Å²) in [6.07, 6.45) is 0. The fourth-order valence-corrected chi connectivity index (χ4v) is 3.74. The summed E-state index contributed by atoms with van der Waals surface area (Å²) in [5, 5.41) is 13.5. The van der Waals surface area contributed by atoms with Gasteiger partial charge in [0.15, 0.2) is 0 Å². The number of para-hydroxylation sites is 1. The summed E-state index contributed by atoms with van der Waals surface area (Å²) in [5.41, 5.74) is 0.372. The van der Waals surface area contributed by atoms with E-state index in [2.05, 4.69) is 10.0 Å². The lowest BCUT2D eigenvalue weighted by molar-refractivity contribution is -0.385. The van der Waals surface area contributed by atoms with Crippen LogP contribution in [0.3, 0.4) is 0 Å². The van der Waals surface area contributed by atoms with Gasteiger partial charge in [-0.1, -0.05) is 30.3 Å². The highest BCUT2D eigenvalue weighted by molar-refractivity contribution is 7.92. The Morgan fingerprint density at radius 2 is 1.70 bits per heavy atom. The molecule has 0 radical (unpaired) electrons. The minimum atomic E-state index is -4.17. The van der Waals surface area contributed by atoms with Crippen molar-refractivity contribution in [3.8, 4) is 0 Å². The Hall–Kier alpha value is -3.79. The van der Waals surface area contributed by atoms with Crippen LogP contribution in [0.15, 0.2) is 77.7 Å². The second-order valence-corrected chi connectivity index (χ2v) is 7.90. The molecule has 0 spiro atoms. The minimum absolute atomic E-state index is 0.0145. The SMILES string of the molecule is O=C(NCc1ccc(F)cc1)c1ccccc1NS(=O)(=O)c1cccc([N+](=O)[O-])c1. The first-order chi connectivity index (χ1) is 14.3. The molecule has 0 aliphatic rings. The number of benzene rings is 3. The van der Waals surface area contributed by atoms with Gasteiger partial charge in [0.05, 0.1) is 21.1 Å². The number of nitrogens with one attached hydrogen (secondary N) is 2. The molecule has 3 rings (SSSR count). The van der Waals surface area contributed by atoms with E-state index >= 15 is 0 Å². The van der Waals surface area contributed by atoms with E-state index in [0.717, 1.165) is 6.07 Å². The molecule has 3 aromatic carbocycles. The average Bonchev–Trinajstić information content (AvgIpc) is 2.73. The smallest absolute Gasteiger partial charge is 0.270 e. The van der Waals surface area contributed by atoms with E-state index in [-0.39, 0.29) is 28.4 Å². The van der Waals surface area contributed by atoms with Crippen molar-refractivity contribution < 1.29 is 22.5 Å². The van der Waals surface area contributed by atoms with Crippen LogP contribution in [0.25, 0.3) is 0 Å². The van der Waals surface area contributed by atoms with Crippen LogP contribution in [-0.2, 0) is 16.6 Å². The summed E-state index contributed by atoms with van der Waals surface area (Å²) in [4.78, 5) is 22.5. The Morgan fingerprint density at radius 1 is 1.00 bits per heavy atom. The number of amides is 1. The first-order valence-electron chi connectivity index (χ1n) is 8.65. The van der Waals surface area contributed by atoms with Gasteiger partial charge in [0, 0.05) is 18.7 Å². The number of nitro groups is 1. The van der Waals surface area contributed by atoms with Crippen molar-refractivity contribution in [3.05, 3.63) is 99.9 Å². The fraction of sp³-hybridized carbons (Fsp3) is 0.0500. The van der Waals surface area contributed by atoms with E-state index in [4.69, 9.17) is 0 Å². The zero-order valence-corrected chi connectivity index (χ0v) is 16.2. The third-order valence-corrected chi connectivity index (χ3v) is 5.48. The zero-order chi connectivity index (χ0) is 21.7.